The van der Waals surface area contributed by atoms with Gasteiger partial charge in [0, 0.05) is 62.9 Å². The van der Waals surface area contributed by atoms with Crippen molar-refractivity contribution in [3.05, 3.63) is 70.0 Å². The lowest BCUT2D eigenvalue weighted by Crippen LogP contribution is -2.52. The minimum atomic E-state index is -4.62. The number of nitrogens with zero attached hydrogens (tertiary/aromatic N) is 7. The van der Waals surface area contributed by atoms with Crippen LogP contribution in [0.15, 0.2) is 47.7 Å². The van der Waals surface area contributed by atoms with Gasteiger partial charge in [0.25, 0.3) is 5.56 Å². The number of halogens is 3. The lowest BCUT2D eigenvalue weighted by molar-refractivity contribution is -0.141. The van der Waals surface area contributed by atoms with Gasteiger partial charge < -0.3 is 15.1 Å². The number of fused-ring (bicyclic) bond motifs is 2. The number of nitrogens with one attached hydrogen (secondary N) is 1. The third kappa shape index (κ3) is 4.37. The normalized spacial score (nSPS) is 17.6. The molecular formula is C26H25F3N8O2. The summed E-state index contributed by atoms with van der Waals surface area (Å²) >= 11 is 0. The average Bonchev–Trinajstić information content (AvgIpc) is 3.40. The maximum absolute atomic E-state index is 13.7. The van der Waals surface area contributed by atoms with Gasteiger partial charge in [-0.1, -0.05) is 12.1 Å². The average molecular weight is 539 g/mol. The zero-order valence-electron chi connectivity index (χ0n) is 21.2. The molecule has 0 bridgehead atoms. The highest BCUT2D eigenvalue weighted by Gasteiger charge is 2.37. The zero-order chi connectivity index (χ0) is 27.5. The van der Waals surface area contributed by atoms with Gasteiger partial charge in [-0.25, -0.2) is 14.8 Å². The standard InChI is InChI=1S/C26H25F3N8O2/c1-15-7-17(22(30-9-15)26(27,28)29)13-37-21-8-16(3-4-20(21)23(38)34(37)2)18-10-31-24(32-11-18)35-5-6-36-19(14-35)12-33-25(36)39/h3-4,7-11,19H,5-6,12-14H2,1-2H3,(H,33,39)/t19-/m0/s1. The summed E-state index contributed by atoms with van der Waals surface area (Å²) < 4.78 is 43.8. The summed E-state index contributed by atoms with van der Waals surface area (Å²) in [4.78, 5) is 41.3. The Hall–Kier alpha value is -4.42. The topological polar surface area (TPSA) is 101 Å². The molecule has 0 aliphatic carbocycles. The molecule has 3 aromatic heterocycles. The summed E-state index contributed by atoms with van der Waals surface area (Å²) in [5, 5.41) is 3.25. The molecule has 2 aliphatic heterocycles. The molecule has 1 N–H and O–H groups in total. The van der Waals surface area contributed by atoms with Crippen LogP contribution >= 0.6 is 0 Å². The molecular weight excluding hydrogens is 513 g/mol. The van der Waals surface area contributed by atoms with Gasteiger partial charge in [0.05, 0.1) is 23.5 Å². The van der Waals surface area contributed by atoms with Crippen molar-refractivity contribution in [3.8, 4) is 11.1 Å². The van der Waals surface area contributed by atoms with Crippen molar-refractivity contribution in [2.75, 3.05) is 31.1 Å². The van der Waals surface area contributed by atoms with Gasteiger partial charge in [-0.2, -0.15) is 13.2 Å². The van der Waals surface area contributed by atoms with Crippen LogP contribution in [-0.4, -0.2) is 67.5 Å². The fourth-order valence-electron chi connectivity index (χ4n) is 5.33. The number of hydrogen-bond acceptors (Lipinski definition) is 6. The fraction of sp³-hybridized carbons (Fsp3) is 0.346. The number of aromatic nitrogens is 5. The first kappa shape index (κ1) is 24.9. The zero-order valence-corrected chi connectivity index (χ0v) is 21.2. The summed E-state index contributed by atoms with van der Waals surface area (Å²) in [5.41, 5.74) is 1.21. The number of amides is 2. The summed E-state index contributed by atoms with van der Waals surface area (Å²) in [7, 11) is 1.53. The van der Waals surface area contributed by atoms with Crippen LogP contribution in [0, 0.1) is 6.92 Å². The predicted molar refractivity (Wildman–Crippen MR) is 137 cm³/mol. The van der Waals surface area contributed by atoms with Gasteiger partial charge in [-0.3, -0.25) is 19.1 Å². The second kappa shape index (κ2) is 9.10. The summed E-state index contributed by atoms with van der Waals surface area (Å²) in [5.74, 6) is 0.557. The van der Waals surface area contributed by atoms with E-state index in [4.69, 9.17) is 0 Å². The van der Waals surface area contributed by atoms with Crippen LogP contribution < -0.4 is 15.8 Å². The van der Waals surface area contributed by atoms with Crippen LogP contribution in [0.5, 0.6) is 0 Å². The number of alkyl halides is 3. The molecule has 1 aromatic carbocycles. The molecule has 39 heavy (non-hydrogen) atoms. The number of anilines is 1. The van der Waals surface area contributed by atoms with Crippen LogP contribution in [0.2, 0.25) is 0 Å². The molecule has 2 aliphatic rings. The van der Waals surface area contributed by atoms with Crippen molar-refractivity contribution < 1.29 is 18.0 Å². The first-order valence-electron chi connectivity index (χ1n) is 12.4. The molecule has 4 aromatic rings. The second-order valence-electron chi connectivity index (χ2n) is 9.89. The molecule has 0 saturated carbocycles. The number of carbonyl (C=O) groups excluding carboxylic acids is 1. The Kier molecular flexibility index (Phi) is 5.81. The van der Waals surface area contributed by atoms with Gasteiger partial charge in [0.1, 0.15) is 5.69 Å². The van der Waals surface area contributed by atoms with E-state index in [9.17, 15) is 22.8 Å². The number of rotatable bonds is 4. The van der Waals surface area contributed by atoms with Crippen molar-refractivity contribution in [3.63, 3.8) is 0 Å². The van der Waals surface area contributed by atoms with Gasteiger partial charge in [-0.15, -0.1) is 0 Å². The van der Waals surface area contributed by atoms with E-state index < -0.39 is 11.9 Å². The molecule has 202 valence electrons. The number of piperazine rings is 1. The molecule has 0 spiro atoms. The molecule has 0 unspecified atom stereocenters. The van der Waals surface area contributed by atoms with E-state index in [0.717, 1.165) is 5.56 Å². The maximum atomic E-state index is 13.7. The molecule has 2 fully saturated rings. The molecule has 13 heteroatoms. The Balaban J connectivity index is 1.32. The van der Waals surface area contributed by atoms with Gasteiger partial charge in [-0.05, 0) is 30.2 Å². The minimum absolute atomic E-state index is 0.0210. The largest absolute Gasteiger partial charge is 0.433 e. The highest BCUT2D eigenvalue weighted by molar-refractivity contribution is 5.84. The van der Waals surface area contributed by atoms with Gasteiger partial charge in [0.2, 0.25) is 5.95 Å². The SMILES string of the molecule is Cc1cnc(C(F)(F)F)c(Cn2c3cc(-c4cnc(N5CCN6C(=O)NC[C@H]6C5)nc4)ccc3c(=O)n2C)c1. The van der Waals surface area contributed by atoms with Crippen molar-refractivity contribution in [1.82, 2.24) is 34.5 Å². The number of urea groups is 1. The molecule has 2 amide bonds. The van der Waals surface area contributed by atoms with Crippen LogP contribution in [0.3, 0.4) is 0 Å². The Labute approximate surface area is 220 Å². The van der Waals surface area contributed by atoms with E-state index in [-0.39, 0.29) is 29.7 Å². The Morgan fingerprint density at radius 2 is 1.79 bits per heavy atom. The molecule has 5 heterocycles. The third-order valence-corrected chi connectivity index (χ3v) is 7.34. The van der Waals surface area contributed by atoms with Gasteiger partial charge in [0.15, 0.2) is 0 Å². The van der Waals surface area contributed by atoms with E-state index in [1.54, 1.807) is 37.5 Å². The summed E-state index contributed by atoms with van der Waals surface area (Å²) in [6.45, 7) is 3.94. The third-order valence-electron chi connectivity index (χ3n) is 7.34. The maximum Gasteiger partial charge on any atom is 0.433 e. The first-order valence-corrected chi connectivity index (χ1v) is 12.4. The van der Waals surface area contributed by atoms with E-state index in [0.29, 0.717) is 54.2 Å². The second-order valence-corrected chi connectivity index (χ2v) is 9.89. The van der Waals surface area contributed by atoms with Gasteiger partial charge >= 0.3 is 12.2 Å². The van der Waals surface area contributed by atoms with Crippen LogP contribution in [0.25, 0.3) is 22.0 Å². The molecule has 1 atom stereocenters. The molecule has 2 saturated heterocycles. The van der Waals surface area contributed by atoms with Crippen molar-refractivity contribution in [1.29, 1.82) is 0 Å². The van der Waals surface area contributed by atoms with E-state index in [1.165, 1.54) is 28.7 Å². The number of carbonyl (C=O) groups is 1. The van der Waals surface area contributed by atoms with Crippen molar-refractivity contribution in [2.24, 2.45) is 7.05 Å². The molecule has 6 rings (SSSR count). The number of pyridine rings is 1. The van der Waals surface area contributed by atoms with Crippen LogP contribution in [0.4, 0.5) is 23.9 Å². The first-order chi connectivity index (χ1) is 18.6. The van der Waals surface area contributed by atoms with E-state index >= 15 is 0 Å². The monoisotopic (exact) mass is 538 g/mol. The summed E-state index contributed by atoms with van der Waals surface area (Å²) in [6, 6.07) is 6.68. The van der Waals surface area contributed by atoms with Crippen molar-refractivity contribution in [2.45, 2.75) is 25.7 Å². The smallest absolute Gasteiger partial charge is 0.337 e. The lowest BCUT2D eigenvalue weighted by atomic mass is 10.1. The molecule has 0 radical (unpaired) electrons. The Bertz CT molecular complexity index is 1640. The highest BCUT2D eigenvalue weighted by Crippen LogP contribution is 2.32. The van der Waals surface area contributed by atoms with E-state index in [1.807, 2.05) is 9.80 Å². The van der Waals surface area contributed by atoms with Crippen LogP contribution in [-0.2, 0) is 19.8 Å². The molecule has 10 nitrogen and oxygen atoms in total. The number of aryl methyl sites for hydroxylation is 1. The highest BCUT2D eigenvalue weighted by atomic mass is 19.4. The van der Waals surface area contributed by atoms with Crippen molar-refractivity contribution >= 4 is 22.9 Å². The minimum Gasteiger partial charge on any atom is -0.337 e. The van der Waals surface area contributed by atoms with Crippen LogP contribution in [0.1, 0.15) is 16.8 Å². The Morgan fingerprint density at radius 3 is 2.54 bits per heavy atom. The number of benzene rings is 1. The lowest BCUT2D eigenvalue weighted by Gasteiger charge is -2.36. The Morgan fingerprint density at radius 1 is 1.03 bits per heavy atom. The quantitative estimate of drug-likeness (QED) is 0.429. The summed E-state index contributed by atoms with van der Waals surface area (Å²) in [6.07, 6.45) is -0.0619. The van der Waals surface area contributed by atoms with E-state index in [2.05, 4.69) is 20.3 Å². The number of hydrogen-bond donors (Lipinski definition) is 1. The predicted octanol–water partition coefficient (Wildman–Crippen LogP) is 2.78. The fourth-order valence-corrected chi connectivity index (χ4v) is 5.33.